The molecule has 3 aromatic carbocycles. The number of rotatable bonds is 5. The molecule has 1 amide bonds. The van der Waals surface area contributed by atoms with Gasteiger partial charge in [-0.1, -0.05) is 62.4 Å². The monoisotopic (exact) mass is 440 g/mol. The Balaban J connectivity index is 0.00000149. The first-order chi connectivity index (χ1) is 16.0. The smallest absolute Gasteiger partial charge is 0.258 e. The second kappa shape index (κ2) is 10.6. The average Bonchev–Trinajstić information content (AvgIpc) is 3.15. The van der Waals surface area contributed by atoms with Crippen LogP contribution in [0.15, 0.2) is 98.1 Å². The van der Waals surface area contributed by atoms with Gasteiger partial charge in [-0.15, -0.1) is 13.2 Å². The summed E-state index contributed by atoms with van der Waals surface area (Å²) in [5, 5.41) is 3.05. The fraction of sp³-hybridized carbons (Fsp3) is 0.138. The normalized spacial score (nSPS) is 10.5. The molecule has 4 rings (SSSR count). The minimum atomic E-state index is -0.287. The van der Waals surface area contributed by atoms with E-state index in [1.807, 2.05) is 67.7 Å². The van der Waals surface area contributed by atoms with Crippen LogP contribution < -0.4 is 5.32 Å². The number of nitrogens with zero attached hydrogens (tertiary/aromatic N) is 1. The number of benzene rings is 3. The van der Waals surface area contributed by atoms with Gasteiger partial charge in [-0.25, -0.2) is 4.39 Å². The Bertz CT molecular complexity index is 1210. The molecule has 33 heavy (non-hydrogen) atoms. The Labute approximate surface area is 195 Å². The highest BCUT2D eigenvalue weighted by Gasteiger charge is 2.29. The Kier molecular flexibility index (Phi) is 7.62. The fourth-order valence-corrected chi connectivity index (χ4v) is 4.15. The molecule has 0 saturated carbocycles. The van der Waals surface area contributed by atoms with Crippen LogP contribution in [-0.2, 0) is 7.05 Å². The molecule has 0 radical (unpaired) electrons. The number of carbonyl (C=O) groups is 1. The number of carbonyl (C=O) groups excluding carboxylic acids is 1. The zero-order valence-corrected chi connectivity index (χ0v) is 19.3. The third-order valence-corrected chi connectivity index (χ3v) is 5.43. The number of halogens is 1. The lowest BCUT2D eigenvalue weighted by atomic mass is 9.94. The van der Waals surface area contributed by atoms with Gasteiger partial charge in [-0.05, 0) is 53.4 Å². The van der Waals surface area contributed by atoms with Crippen LogP contribution in [0.4, 0.5) is 10.1 Å². The summed E-state index contributed by atoms with van der Waals surface area (Å²) in [4.78, 5) is 13.6. The number of hydrogen-bond acceptors (Lipinski definition) is 1. The van der Waals surface area contributed by atoms with E-state index in [0.717, 1.165) is 33.8 Å². The van der Waals surface area contributed by atoms with E-state index in [2.05, 4.69) is 36.9 Å². The van der Waals surface area contributed by atoms with Crippen molar-refractivity contribution in [2.45, 2.75) is 19.8 Å². The molecule has 1 heterocycles. The van der Waals surface area contributed by atoms with Crippen molar-refractivity contribution >= 4 is 11.6 Å². The highest BCUT2D eigenvalue weighted by atomic mass is 19.1. The van der Waals surface area contributed by atoms with E-state index < -0.39 is 0 Å². The molecule has 1 aromatic heterocycles. The van der Waals surface area contributed by atoms with Crippen molar-refractivity contribution in [3.8, 4) is 22.4 Å². The van der Waals surface area contributed by atoms with Crippen molar-refractivity contribution in [3.05, 3.63) is 115 Å². The number of nitrogens with one attached hydrogen (secondary N) is 1. The fourth-order valence-electron chi connectivity index (χ4n) is 4.15. The summed E-state index contributed by atoms with van der Waals surface area (Å²) in [6.45, 7) is 10.2. The van der Waals surface area contributed by atoms with Gasteiger partial charge in [0.2, 0.25) is 0 Å². The van der Waals surface area contributed by atoms with Crippen molar-refractivity contribution in [3.63, 3.8) is 0 Å². The standard InChI is InChI=1S/C27H25FN2O.C2H4/c1-18(2)25-24(27(31)29-22-12-8-5-9-13-22)23(19-10-6-4-7-11-19)26(30(25)3)20-14-16-21(28)17-15-20;1-2/h4-18H,1-3H3,(H,29,31);1-2H2. The maximum atomic E-state index is 13.6. The average molecular weight is 441 g/mol. The number of anilines is 1. The molecule has 1 N–H and O–H groups in total. The van der Waals surface area contributed by atoms with E-state index in [-0.39, 0.29) is 17.6 Å². The highest BCUT2D eigenvalue weighted by Crippen LogP contribution is 2.41. The zero-order valence-electron chi connectivity index (χ0n) is 19.3. The number of aromatic nitrogens is 1. The highest BCUT2D eigenvalue weighted by molar-refractivity contribution is 6.12. The van der Waals surface area contributed by atoms with Crippen LogP contribution in [0.3, 0.4) is 0 Å². The molecule has 168 valence electrons. The van der Waals surface area contributed by atoms with E-state index in [9.17, 15) is 9.18 Å². The number of hydrogen-bond donors (Lipinski definition) is 1. The van der Waals surface area contributed by atoms with Gasteiger partial charge in [0.05, 0.1) is 11.3 Å². The molecule has 0 aliphatic carbocycles. The molecule has 3 nitrogen and oxygen atoms in total. The van der Waals surface area contributed by atoms with E-state index in [0.29, 0.717) is 5.56 Å². The summed E-state index contributed by atoms with van der Waals surface area (Å²) in [7, 11) is 1.97. The lowest BCUT2D eigenvalue weighted by Crippen LogP contribution is -2.15. The Hall–Kier alpha value is -3.92. The minimum Gasteiger partial charge on any atom is -0.346 e. The Morgan fingerprint density at radius 3 is 1.94 bits per heavy atom. The lowest BCUT2D eigenvalue weighted by molar-refractivity contribution is 0.102. The molecular formula is C29H29FN2O. The summed E-state index contributed by atoms with van der Waals surface area (Å²) >= 11 is 0. The van der Waals surface area contributed by atoms with Crippen LogP contribution in [0.2, 0.25) is 0 Å². The Morgan fingerprint density at radius 2 is 1.39 bits per heavy atom. The van der Waals surface area contributed by atoms with Gasteiger partial charge in [0.25, 0.3) is 5.91 Å². The zero-order chi connectivity index (χ0) is 24.0. The van der Waals surface area contributed by atoms with Crippen molar-refractivity contribution < 1.29 is 9.18 Å². The number of para-hydroxylation sites is 1. The van der Waals surface area contributed by atoms with Crippen LogP contribution in [0, 0.1) is 5.82 Å². The van der Waals surface area contributed by atoms with Gasteiger partial charge in [0, 0.05) is 24.0 Å². The lowest BCUT2D eigenvalue weighted by Gasteiger charge is -2.13. The van der Waals surface area contributed by atoms with E-state index in [1.165, 1.54) is 12.1 Å². The molecule has 4 heteroatoms. The van der Waals surface area contributed by atoms with Crippen LogP contribution in [0.5, 0.6) is 0 Å². The summed E-state index contributed by atoms with van der Waals surface area (Å²) in [6, 6.07) is 25.8. The van der Waals surface area contributed by atoms with Crippen molar-refractivity contribution in [1.29, 1.82) is 0 Å². The molecule has 0 fully saturated rings. The van der Waals surface area contributed by atoms with Crippen LogP contribution in [0.1, 0.15) is 35.8 Å². The second-order valence-electron chi connectivity index (χ2n) is 7.89. The third kappa shape index (κ3) is 4.96. The Morgan fingerprint density at radius 1 is 0.848 bits per heavy atom. The van der Waals surface area contributed by atoms with Crippen molar-refractivity contribution in [2.75, 3.05) is 5.32 Å². The van der Waals surface area contributed by atoms with E-state index in [4.69, 9.17) is 0 Å². The maximum Gasteiger partial charge on any atom is 0.258 e. The van der Waals surface area contributed by atoms with Crippen LogP contribution in [-0.4, -0.2) is 10.5 Å². The molecule has 0 spiro atoms. The first-order valence-corrected chi connectivity index (χ1v) is 10.9. The predicted octanol–water partition coefficient (Wildman–Crippen LogP) is 7.68. The van der Waals surface area contributed by atoms with E-state index in [1.54, 1.807) is 12.1 Å². The second-order valence-corrected chi connectivity index (χ2v) is 7.89. The topological polar surface area (TPSA) is 34.0 Å². The molecule has 0 atom stereocenters. The van der Waals surface area contributed by atoms with E-state index >= 15 is 0 Å². The number of amides is 1. The van der Waals surface area contributed by atoms with Gasteiger partial charge in [-0.2, -0.15) is 0 Å². The first kappa shape index (κ1) is 23.7. The van der Waals surface area contributed by atoms with Gasteiger partial charge < -0.3 is 9.88 Å². The quantitative estimate of drug-likeness (QED) is 0.317. The maximum absolute atomic E-state index is 13.6. The molecule has 0 aliphatic rings. The summed E-state index contributed by atoms with van der Waals surface area (Å²) in [5.41, 5.74) is 5.89. The van der Waals surface area contributed by atoms with Crippen molar-refractivity contribution in [2.24, 2.45) is 7.05 Å². The first-order valence-electron chi connectivity index (χ1n) is 10.9. The molecule has 0 aliphatic heterocycles. The van der Waals surface area contributed by atoms with Gasteiger partial charge in [0.1, 0.15) is 5.82 Å². The summed E-state index contributed by atoms with van der Waals surface area (Å²) in [6.07, 6.45) is 0. The summed E-state index contributed by atoms with van der Waals surface area (Å²) in [5.74, 6) is -0.332. The predicted molar refractivity (Wildman–Crippen MR) is 136 cm³/mol. The molecule has 0 unspecified atom stereocenters. The molecular weight excluding hydrogens is 411 g/mol. The van der Waals surface area contributed by atoms with Gasteiger partial charge in [0.15, 0.2) is 0 Å². The minimum absolute atomic E-state index is 0.109. The third-order valence-electron chi connectivity index (χ3n) is 5.43. The SMILES string of the molecule is C=C.CC(C)c1c(C(=O)Nc2ccccc2)c(-c2ccccc2)c(-c2ccc(F)cc2)n1C. The molecule has 0 saturated heterocycles. The van der Waals surface area contributed by atoms with Crippen LogP contribution >= 0.6 is 0 Å². The summed E-state index contributed by atoms with van der Waals surface area (Å²) < 4.78 is 15.7. The molecule has 4 aromatic rings. The van der Waals surface area contributed by atoms with Crippen molar-refractivity contribution in [1.82, 2.24) is 4.57 Å². The van der Waals surface area contributed by atoms with Gasteiger partial charge in [-0.3, -0.25) is 4.79 Å². The largest absolute Gasteiger partial charge is 0.346 e. The van der Waals surface area contributed by atoms with Crippen LogP contribution in [0.25, 0.3) is 22.4 Å². The molecule has 0 bridgehead atoms. The van der Waals surface area contributed by atoms with Gasteiger partial charge >= 0.3 is 0 Å².